The summed E-state index contributed by atoms with van der Waals surface area (Å²) in [5.74, 6) is 2.68. The van der Waals surface area contributed by atoms with Crippen molar-refractivity contribution in [2.75, 3.05) is 108 Å². The second kappa shape index (κ2) is 25.2. The van der Waals surface area contributed by atoms with Crippen molar-refractivity contribution in [1.29, 1.82) is 0 Å². The average molecular weight is 900 g/mol. The predicted molar refractivity (Wildman–Crippen MR) is 264 cm³/mol. The number of hydrogen-bond donors (Lipinski definition) is 3. The molecule has 7 rings (SSSR count). The van der Waals surface area contributed by atoms with E-state index in [-0.39, 0.29) is 34.0 Å². The zero-order valence-electron chi connectivity index (χ0n) is 43.8. The summed E-state index contributed by atoms with van der Waals surface area (Å²) in [6, 6.07) is 0.938. The van der Waals surface area contributed by atoms with E-state index in [0.717, 1.165) is 96.0 Å². The third-order valence-electron chi connectivity index (χ3n) is 13.9. The van der Waals surface area contributed by atoms with Crippen molar-refractivity contribution in [2.45, 2.75) is 127 Å². The number of hydrogen-bond acceptors (Lipinski definition) is 13. The Morgan fingerprint density at radius 2 is 1.17 bits per heavy atom. The number of amides is 2. The number of fused-ring (bicyclic) bond motifs is 2. The Morgan fingerprint density at radius 1 is 0.672 bits per heavy atom. The minimum absolute atomic E-state index is 0.104. The van der Waals surface area contributed by atoms with E-state index in [1.54, 1.807) is 14.1 Å². The Hall–Kier alpha value is -3.08. The molecular weight excluding hydrogens is 807 g/mol. The first-order chi connectivity index (χ1) is 29.5. The summed E-state index contributed by atoms with van der Waals surface area (Å²) in [7, 11) is 11.8. The van der Waals surface area contributed by atoms with Gasteiger partial charge in [0.1, 0.15) is 22.4 Å². The van der Waals surface area contributed by atoms with Crippen molar-refractivity contribution in [2.24, 2.45) is 49.9 Å². The lowest BCUT2D eigenvalue weighted by atomic mass is 9.80. The molecule has 4 saturated heterocycles. The number of carbonyl (C=O) groups excluding carboxylic acids is 4. The van der Waals surface area contributed by atoms with Crippen LogP contribution in [0, 0.1) is 34.0 Å². The molecule has 2 amide bonds. The monoisotopic (exact) mass is 900 g/mol. The highest BCUT2D eigenvalue weighted by Crippen LogP contribution is 2.34. The highest BCUT2D eigenvalue weighted by Gasteiger charge is 2.48. The lowest BCUT2D eigenvalue weighted by molar-refractivity contribution is -0.135. The maximum atomic E-state index is 11.8. The number of nitrogens with one attached hydrogen (secondary N) is 2. The fraction of sp³-hybridized carbons (Fsp3) is 0.837. The number of nitrogens with zero attached hydrogens (tertiary/aromatic N) is 8. The minimum Gasteiger partial charge on any atom is -0.386 e. The van der Waals surface area contributed by atoms with Gasteiger partial charge in [0.05, 0.1) is 11.4 Å². The number of ketones is 2. The summed E-state index contributed by atoms with van der Waals surface area (Å²) < 4.78 is 0. The highest BCUT2D eigenvalue weighted by atomic mass is 16.2. The molecule has 0 bridgehead atoms. The van der Waals surface area contributed by atoms with Crippen molar-refractivity contribution in [3.05, 3.63) is 11.3 Å². The molecule has 0 aromatic heterocycles. The zero-order valence-corrected chi connectivity index (χ0v) is 43.8. The number of rotatable bonds is 4. The smallest absolute Gasteiger partial charge is 0.255 e. The minimum atomic E-state index is -0.354. The van der Waals surface area contributed by atoms with Gasteiger partial charge in [-0.25, -0.2) is 10.0 Å². The molecule has 7 aliphatic heterocycles. The Morgan fingerprint density at radius 3 is 1.64 bits per heavy atom. The molecule has 0 radical (unpaired) electrons. The van der Waals surface area contributed by atoms with Gasteiger partial charge < -0.3 is 36.0 Å². The van der Waals surface area contributed by atoms with Gasteiger partial charge in [-0.3, -0.25) is 19.2 Å². The Bertz CT molecular complexity index is 1650. The summed E-state index contributed by atoms with van der Waals surface area (Å²) in [5, 5.41) is 18.3. The molecule has 1 unspecified atom stereocenters. The van der Waals surface area contributed by atoms with Gasteiger partial charge in [-0.15, -0.1) is 0 Å². The van der Waals surface area contributed by atoms with Crippen LogP contribution in [0.15, 0.2) is 21.5 Å². The van der Waals surface area contributed by atoms with Crippen LogP contribution in [0.3, 0.4) is 0 Å². The third kappa shape index (κ3) is 16.7. The standard InChI is InChI=1S/C12H24N2.C9H15N3O.C8H13N3O.C8H15NO.C7H13NO.C5H13N/c1-9(2)11(4)13-12-6-7-14(5)8-10(12)3;1-9-6-11(2)5-4-7(9)10-12(3)8(9)13;1-8-5-9-4-3-6(8)10-11(2)7(8)12;1-8(2)6-9(3)5-4-7(8)10;1-6-5-8(2)4-3-7(6)9;1-4(2)5(3)6/h9,11,13H,6-8H2,1-5H3;4-6H2,1-3H3;9H,3-5H2,1-2H3;4-6H2,1-3H3;6H,3-5H2,1-2H3;4-5H,6H2,1-3H3/t11-;9-;8-;;;5-/m000..0/s1. The van der Waals surface area contributed by atoms with Crippen LogP contribution >= 0.6 is 0 Å². The lowest BCUT2D eigenvalue weighted by Crippen LogP contribution is -2.49. The Kier molecular flexibility index (Phi) is 22.4. The van der Waals surface area contributed by atoms with E-state index < -0.39 is 0 Å². The van der Waals surface area contributed by atoms with E-state index in [9.17, 15) is 19.2 Å². The van der Waals surface area contributed by atoms with Crippen molar-refractivity contribution in [3.8, 4) is 0 Å². The van der Waals surface area contributed by atoms with Crippen LogP contribution in [0.4, 0.5) is 0 Å². The highest BCUT2D eigenvalue weighted by molar-refractivity contribution is 6.13. The van der Waals surface area contributed by atoms with Crippen LogP contribution in [0.1, 0.15) is 115 Å². The van der Waals surface area contributed by atoms with Crippen LogP contribution < -0.4 is 16.4 Å². The second-order valence-corrected chi connectivity index (χ2v) is 21.5. The first-order valence-corrected chi connectivity index (χ1v) is 24.0. The van der Waals surface area contributed by atoms with Gasteiger partial charge in [0.15, 0.2) is 0 Å². The maximum Gasteiger partial charge on any atom is 0.255 e. The largest absolute Gasteiger partial charge is 0.386 e. The molecule has 0 aromatic rings. The normalized spacial score (nSPS) is 28.4. The summed E-state index contributed by atoms with van der Waals surface area (Å²) >= 11 is 0. The number of likely N-dealkylation sites (N-methyl/N-ethyl adjacent to an activating group) is 1. The maximum absolute atomic E-state index is 11.8. The van der Waals surface area contributed by atoms with E-state index in [1.807, 2.05) is 48.6 Å². The van der Waals surface area contributed by atoms with E-state index in [0.29, 0.717) is 35.5 Å². The first-order valence-electron chi connectivity index (χ1n) is 24.0. The predicted octanol–water partition coefficient (Wildman–Crippen LogP) is 4.63. The third-order valence-corrected chi connectivity index (χ3v) is 13.9. The van der Waals surface area contributed by atoms with Gasteiger partial charge in [0, 0.05) is 134 Å². The van der Waals surface area contributed by atoms with Gasteiger partial charge in [0.2, 0.25) is 0 Å². The van der Waals surface area contributed by atoms with Crippen LogP contribution in [0.25, 0.3) is 0 Å². The molecule has 0 aliphatic carbocycles. The number of hydrazone groups is 2. The molecule has 0 aromatic carbocycles. The summed E-state index contributed by atoms with van der Waals surface area (Å²) in [5.41, 5.74) is 9.70. The molecule has 64 heavy (non-hydrogen) atoms. The van der Waals surface area contributed by atoms with Crippen molar-refractivity contribution in [1.82, 2.24) is 40.3 Å². The van der Waals surface area contributed by atoms with Gasteiger partial charge in [0.25, 0.3) is 11.8 Å². The van der Waals surface area contributed by atoms with Crippen molar-refractivity contribution < 1.29 is 19.2 Å². The number of nitrogens with two attached hydrogens (primary N) is 1. The topological polar surface area (TPSA) is 163 Å². The molecule has 0 spiro atoms. The van der Waals surface area contributed by atoms with Gasteiger partial charge in [-0.05, 0) is 86.6 Å². The van der Waals surface area contributed by atoms with Crippen molar-refractivity contribution >= 4 is 34.8 Å². The lowest BCUT2D eigenvalue weighted by Gasteiger charge is -2.34. The van der Waals surface area contributed by atoms with Crippen LogP contribution in [0.5, 0.6) is 0 Å². The summed E-state index contributed by atoms with van der Waals surface area (Å²) in [6.07, 6.45) is 4.47. The molecule has 15 nitrogen and oxygen atoms in total. The molecule has 15 heteroatoms. The Balaban J connectivity index is 0.000000269. The SMILES string of the molecule is CC(C)[C@H](C)N.CC1=C(N[C@@H](C)C(C)C)CCN(C)C1.CC1CN(C)CCC1=O.CN1CCC(=O)C(C)(C)C1.CN1CCC2=NN(C)C(=O)[C@@]2(C)C1.CN1N=C2CCNC[C@]2(C)C1=O. The average Bonchev–Trinajstić information content (AvgIpc) is 3.58. The van der Waals surface area contributed by atoms with Gasteiger partial charge in [-0.1, -0.05) is 48.5 Å². The van der Waals surface area contributed by atoms with E-state index in [1.165, 1.54) is 34.3 Å². The zero-order chi connectivity index (χ0) is 48.9. The number of carbonyl (C=O) groups is 4. The molecule has 0 saturated carbocycles. The molecule has 4 N–H and O–H groups in total. The Labute approximate surface area is 389 Å². The van der Waals surface area contributed by atoms with Crippen LogP contribution in [-0.4, -0.2) is 184 Å². The number of piperidine rings is 4. The first kappa shape index (κ1) is 57.0. The quantitative estimate of drug-likeness (QED) is 0.361. The number of Topliss-reactive ketones (excluding diaryl/α,β-unsaturated/α-hetero) is 2. The van der Waals surface area contributed by atoms with Crippen molar-refractivity contribution in [3.63, 3.8) is 0 Å². The van der Waals surface area contributed by atoms with E-state index in [4.69, 9.17) is 5.73 Å². The van der Waals surface area contributed by atoms with Gasteiger partial charge >= 0.3 is 0 Å². The van der Waals surface area contributed by atoms with E-state index in [2.05, 4.69) is 103 Å². The van der Waals surface area contributed by atoms with E-state index >= 15 is 0 Å². The fourth-order valence-electron chi connectivity index (χ4n) is 8.50. The fourth-order valence-corrected chi connectivity index (χ4v) is 8.50. The summed E-state index contributed by atoms with van der Waals surface area (Å²) in [4.78, 5) is 54.5. The number of likely N-dealkylation sites (tertiary alicyclic amines) is 3. The van der Waals surface area contributed by atoms with Crippen LogP contribution in [-0.2, 0) is 19.2 Å². The summed E-state index contributed by atoms with van der Waals surface area (Å²) in [6.45, 7) is 34.8. The molecule has 5 atom stereocenters. The molecule has 7 heterocycles. The van der Waals surface area contributed by atoms with Gasteiger partial charge in [-0.2, -0.15) is 10.2 Å². The molecule has 4 fully saturated rings. The molecular formula is C49H93N11O4. The molecule has 7 aliphatic rings. The van der Waals surface area contributed by atoms with Crippen LogP contribution in [0.2, 0.25) is 0 Å². The molecule has 368 valence electrons. The second-order valence-electron chi connectivity index (χ2n) is 21.5.